The number of nitro benzene ring substituents is 1. The van der Waals surface area contributed by atoms with Gasteiger partial charge in [-0.05, 0) is 36.3 Å². The Morgan fingerprint density at radius 2 is 2.11 bits per heavy atom. The van der Waals surface area contributed by atoms with Gasteiger partial charge in [-0.25, -0.2) is 4.39 Å². The molecule has 1 aromatic heterocycles. The Kier molecular flexibility index (Phi) is 4.27. The van der Waals surface area contributed by atoms with Crippen LogP contribution < -0.4 is 9.64 Å². The van der Waals surface area contributed by atoms with Gasteiger partial charge >= 0.3 is 0 Å². The highest BCUT2D eigenvalue weighted by atomic mass is 19.1. The average Bonchev–Trinajstić information content (AvgIpc) is 3.11. The number of H-pyrrole nitrogens is 1. The highest BCUT2D eigenvalue weighted by Gasteiger charge is 2.20. The molecule has 0 bridgehead atoms. The molecule has 6 nitrogen and oxygen atoms in total. The lowest BCUT2D eigenvalue weighted by Gasteiger charge is -2.28. The number of hydrogen-bond donors (Lipinski definition) is 1. The molecule has 138 valence electrons. The van der Waals surface area contributed by atoms with E-state index < -0.39 is 10.7 Å². The van der Waals surface area contributed by atoms with Gasteiger partial charge in [0.1, 0.15) is 5.75 Å². The van der Waals surface area contributed by atoms with Crippen molar-refractivity contribution in [1.82, 2.24) is 4.98 Å². The van der Waals surface area contributed by atoms with Crippen LogP contribution in [0.15, 0.2) is 48.7 Å². The molecule has 0 spiro atoms. The smallest absolute Gasteiger partial charge is 0.272 e. The number of nitro groups is 1. The quantitative estimate of drug-likeness (QED) is 0.544. The van der Waals surface area contributed by atoms with E-state index in [9.17, 15) is 14.5 Å². The summed E-state index contributed by atoms with van der Waals surface area (Å²) < 4.78 is 19.6. The molecule has 1 aliphatic rings. The number of halogens is 1. The third-order valence-electron chi connectivity index (χ3n) is 4.93. The second kappa shape index (κ2) is 6.75. The van der Waals surface area contributed by atoms with Gasteiger partial charge in [0.25, 0.3) is 5.69 Å². The molecular formula is C20H18FN3O3. The van der Waals surface area contributed by atoms with Crippen LogP contribution >= 0.6 is 0 Å². The molecule has 2 heterocycles. The summed E-state index contributed by atoms with van der Waals surface area (Å²) in [5.74, 6) is 0.229. The molecule has 0 saturated carbocycles. The number of non-ortho nitro benzene ring substituents is 1. The lowest BCUT2D eigenvalue weighted by molar-refractivity contribution is -0.385. The van der Waals surface area contributed by atoms with Gasteiger partial charge in [0.05, 0.1) is 23.8 Å². The summed E-state index contributed by atoms with van der Waals surface area (Å²) in [5, 5.41) is 11.9. The molecule has 4 rings (SSSR count). The van der Waals surface area contributed by atoms with E-state index in [2.05, 4.69) is 11.1 Å². The van der Waals surface area contributed by atoms with Crippen LogP contribution in [0.3, 0.4) is 0 Å². The molecule has 0 saturated heterocycles. The van der Waals surface area contributed by atoms with Crippen LogP contribution in [0.5, 0.6) is 5.75 Å². The van der Waals surface area contributed by atoms with Crippen LogP contribution in [0.25, 0.3) is 16.5 Å². The number of anilines is 1. The van der Waals surface area contributed by atoms with E-state index in [1.165, 1.54) is 17.7 Å². The number of ether oxygens (including phenoxy) is 1. The van der Waals surface area contributed by atoms with Crippen LogP contribution in [0, 0.1) is 15.9 Å². The second-order valence-electron chi connectivity index (χ2n) is 6.43. The fourth-order valence-electron chi connectivity index (χ4n) is 3.49. The lowest BCUT2D eigenvalue weighted by atomic mass is 9.98. The summed E-state index contributed by atoms with van der Waals surface area (Å²) in [6.07, 6.45) is 4.81. The minimum absolute atomic E-state index is 0.239. The summed E-state index contributed by atoms with van der Waals surface area (Å²) in [6, 6.07) is 9.69. The second-order valence-corrected chi connectivity index (χ2v) is 6.43. The number of methoxy groups -OCH3 is 1. The topological polar surface area (TPSA) is 71.4 Å². The number of nitrogens with zero attached hydrogens (tertiary/aromatic N) is 2. The zero-order chi connectivity index (χ0) is 19.0. The number of rotatable bonds is 4. The summed E-state index contributed by atoms with van der Waals surface area (Å²) in [7, 11) is 1.64. The van der Waals surface area contributed by atoms with Crippen molar-refractivity contribution in [2.24, 2.45) is 0 Å². The maximum Gasteiger partial charge on any atom is 0.272 e. The number of nitrogens with one attached hydrogen (secondary N) is 1. The molecule has 2 aromatic carbocycles. The highest BCUT2D eigenvalue weighted by molar-refractivity contribution is 5.94. The normalized spacial score (nSPS) is 14.3. The van der Waals surface area contributed by atoms with Gasteiger partial charge in [0.15, 0.2) is 5.82 Å². The molecule has 0 atom stereocenters. The zero-order valence-corrected chi connectivity index (χ0v) is 14.7. The van der Waals surface area contributed by atoms with Gasteiger partial charge in [0, 0.05) is 41.8 Å². The minimum atomic E-state index is -0.591. The van der Waals surface area contributed by atoms with Crippen molar-refractivity contribution in [3.63, 3.8) is 0 Å². The fraction of sp³-hybridized carbons (Fsp3) is 0.200. The predicted molar refractivity (Wildman–Crippen MR) is 103 cm³/mol. The number of fused-ring (bicyclic) bond motifs is 1. The van der Waals surface area contributed by atoms with Gasteiger partial charge in [-0.15, -0.1) is 0 Å². The van der Waals surface area contributed by atoms with Crippen molar-refractivity contribution in [3.8, 4) is 5.75 Å². The molecule has 0 amide bonds. The Morgan fingerprint density at radius 1 is 1.26 bits per heavy atom. The van der Waals surface area contributed by atoms with E-state index in [0.29, 0.717) is 18.8 Å². The lowest BCUT2D eigenvalue weighted by Crippen LogP contribution is -2.29. The molecule has 0 radical (unpaired) electrons. The van der Waals surface area contributed by atoms with Crippen LogP contribution in [-0.2, 0) is 0 Å². The van der Waals surface area contributed by atoms with Crippen molar-refractivity contribution in [3.05, 3.63) is 70.2 Å². The molecule has 1 aliphatic heterocycles. The number of aromatic amines is 1. The van der Waals surface area contributed by atoms with Crippen LogP contribution in [0.1, 0.15) is 12.0 Å². The van der Waals surface area contributed by atoms with Crippen LogP contribution in [-0.4, -0.2) is 30.1 Å². The van der Waals surface area contributed by atoms with Gasteiger partial charge in [-0.2, -0.15) is 0 Å². The first kappa shape index (κ1) is 17.1. The Balaban J connectivity index is 1.60. The molecule has 27 heavy (non-hydrogen) atoms. The highest BCUT2D eigenvalue weighted by Crippen LogP contribution is 2.33. The first-order chi connectivity index (χ1) is 13.1. The van der Waals surface area contributed by atoms with E-state index in [1.54, 1.807) is 7.11 Å². The Hall–Kier alpha value is -3.35. The summed E-state index contributed by atoms with van der Waals surface area (Å²) in [6.45, 7) is 1.18. The number of benzene rings is 2. The molecule has 3 aromatic rings. The Morgan fingerprint density at radius 3 is 2.78 bits per heavy atom. The summed E-state index contributed by atoms with van der Waals surface area (Å²) in [4.78, 5) is 15.3. The van der Waals surface area contributed by atoms with E-state index in [1.807, 2.05) is 29.3 Å². The maximum absolute atomic E-state index is 14.3. The van der Waals surface area contributed by atoms with Crippen molar-refractivity contribution in [2.45, 2.75) is 6.42 Å². The molecule has 0 aliphatic carbocycles. The van der Waals surface area contributed by atoms with Gasteiger partial charge in [-0.3, -0.25) is 10.1 Å². The van der Waals surface area contributed by atoms with E-state index in [4.69, 9.17) is 4.74 Å². The van der Waals surface area contributed by atoms with Crippen molar-refractivity contribution < 1.29 is 14.1 Å². The fourth-order valence-corrected chi connectivity index (χ4v) is 3.49. The molecule has 0 fully saturated rings. The third kappa shape index (κ3) is 3.12. The first-order valence-electron chi connectivity index (χ1n) is 8.60. The van der Waals surface area contributed by atoms with Gasteiger partial charge < -0.3 is 14.6 Å². The van der Waals surface area contributed by atoms with E-state index >= 15 is 0 Å². The maximum atomic E-state index is 14.3. The summed E-state index contributed by atoms with van der Waals surface area (Å²) in [5.41, 5.74) is 3.49. The SMILES string of the molecule is COc1ccc2[nH]cc(C3=CCN(c4ccc([N+](=O)[O-])cc4F)CC3)c2c1. The predicted octanol–water partition coefficient (Wildman–Crippen LogP) is 4.52. The number of hydrogen-bond acceptors (Lipinski definition) is 4. The largest absolute Gasteiger partial charge is 0.497 e. The van der Waals surface area contributed by atoms with Crippen LogP contribution in [0.2, 0.25) is 0 Å². The standard InChI is InChI=1S/C20H18FN3O3/c1-27-15-3-4-19-16(11-15)17(12-22-19)13-6-8-23(9-7-13)20-5-2-14(24(25)26)10-18(20)21/h2-6,10-12,22H,7-9H2,1H3. The molecule has 7 heteroatoms. The monoisotopic (exact) mass is 367 g/mol. The Labute approximate surface area is 155 Å². The van der Waals surface area contributed by atoms with Gasteiger partial charge in [0.2, 0.25) is 0 Å². The van der Waals surface area contributed by atoms with Gasteiger partial charge in [-0.1, -0.05) is 6.08 Å². The minimum Gasteiger partial charge on any atom is -0.497 e. The van der Waals surface area contributed by atoms with E-state index in [0.717, 1.165) is 34.7 Å². The Bertz CT molecular complexity index is 1060. The molecule has 0 unspecified atom stereocenters. The third-order valence-corrected chi connectivity index (χ3v) is 4.93. The summed E-state index contributed by atoms with van der Waals surface area (Å²) >= 11 is 0. The zero-order valence-electron chi connectivity index (χ0n) is 14.7. The van der Waals surface area contributed by atoms with Crippen molar-refractivity contribution in [2.75, 3.05) is 25.1 Å². The van der Waals surface area contributed by atoms with Crippen molar-refractivity contribution >= 4 is 27.9 Å². The average molecular weight is 367 g/mol. The van der Waals surface area contributed by atoms with E-state index in [-0.39, 0.29) is 5.69 Å². The molecule has 1 N–H and O–H groups in total. The molecular weight excluding hydrogens is 349 g/mol. The number of aromatic nitrogens is 1. The first-order valence-corrected chi connectivity index (χ1v) is 8.60. The van der Waals surface area contributed by atoms with Crippen LogP contribution in [0.4, 0.5) is 15.8 Å². The van der Waals surface area contributed by atoms with Crippen molar-refractivity contribution in [1.29, 1.82) is 0 Å².